The van der Waals surface area contributed by atoms with Gasteiger partial charge in [-0.05, 0) is 43.5 Å². The molecule has 2 rings (SSSR count). The maximum atomic E-state index is 10.0. The molecule has 27 heavy (non-hydrogen) atoms. The van der Waals surface area contributed by atoms with Crippen LogP contribution in [0.5, 0.6) is 11.5 Å². The van der Waals surface area contributed by atoms with Gasteiger partial charge in [0.25, 0.3) is 0 Å². The van der Waals surface area contributed by atoms with Crippen LogP contribution in [0.2, 0.25) is 0 Å². The molecule has 148 valence electrons. The van der Waals surface area contributed by atoms with Crippen molar-refractivity contribution in [2.75, 3.05) is 33.4 Å². The third-order valence-corrected chi connectivity index (χ3v) is 3.86. The molecule has 0 saturated carbocycles. The van der Waals surface area contributed by atoms with E-state index in [-0.39, 0.29) is 5.75 Å². The number of guanidine groups is 1. The van der Waals surface area contributed by atoms with E-state index in [2.05, 4.69) is 15.6 Å². The molecule has 2 aromatic rings. The minimum atomic E-state index is 0.242. The highest BCUT2D eigenvalue weighted by Gasteiger charge is 2.04. The van der Waals surface area contributed by atoms with Gasteiger partial charge in [0, 0.05) is 32.3 Å². The fourth-order valence-corrected chi connectivity index (χ4v) is 2.46. The third-order valence-electron chi connectivity index (χ3n) is 3.86. The first-order chi connectivity index (χ1) is 13.2. The van der Waals surface area contributed by atoms with Gasteiger partial charge in [0.1, 0.15) is 23.9 Å². The number of aliphatic imine (C=N–C) groups is 1. The lowest BCUT2D eigenvalue weighted by atomic mass is 10.1. The Bertz CT molecular complexity index is 687. The molecule has 0 fully saturated rings. The predicted octanol–water partition coefficient (Wildman–Crippen LogP) is 2.70. The van der Waals surface area contributed by atoms with Crippen molar-refractivity contribution in [1.82, 2.24) is 10.6 Å². The first-order valence-corrected chi connectivity index (χ1v) is 9.21. The van der Waals surface area contributed by atoms with Crippen molar-refractivity contribution in [3.63, 3.8) is 0 Å². The number of nitrogens with zero attached hydrogens (tertiary/aromatic N) is 1. The fourth-order valence-electron chi connectivity index (χ4n) is 2.46. The zero-order chi connectivity index (χ0) is 19.3. The highest BCUT2D eigenvalue weighted by atomic mass is 16.5. The number of methoxy groups -OCH3 is 1. The second-order valence-electron chi connectivity index (χ2n) is 5.92. The van der Waals surface area contributed by atoms with Crippen LogP contribution in [0, 0.1) is 0 Å². The molecular formula is C20H29N3O4. The van der Waals surface area contributed by atoms with Crippen LogP contribution in [0.15, 0.2) is 46.0 Å². The lowest BCUT2D eigenvalue weighted by Gasteiger charge is -2.12. The molecule has 1 aromatic heterocycles. The van der Waals surface area contributed by atoms with E-state index in [0.717, 1.165) is 30.2 Å². The smallest absolute Gasteiger partial charge is 0.191 e. The van der Waals surface area contributed by atoms with Gasteiger partial charge in [-0.15, -0.1) is 0 Å². The van der Waals surface area contributed by atoms with Gasteiger partial charge in [0.15, 0.2) is 5.96 Å². The van der Waals surface area contributed by atoms with E-state index < -0.39 is 0 Å². The molecule has 0 saturated heterocycles. The van der Waals surface area contributed by atoms with Crippen molar-refractivity contribution in [1.29, 1.82) is 0 Å². The lowest BCUT2D eigenvalue weighted by Crippen LogP contribution is -2.38. The van der Waals surface area contributed by atoms with Crippen molar-refractivity contribution < 1.29 is 19.0 Å². The van der Waals surface area contributed by atoms with E-state index in [1.165, 1.54) is 0 Å². The van der Waals surface area contributed by atoms with Crippen molar-refractivity contribution in [2.24, 2.45) is 4.99 Å². The highest BCUT2D eigenvalue weighted by Crippen LogP contribution is 2.23. The van der Waals surface area contributed by atoms with Gasteiger partial charge in [-0.25, -0.2) is 0 Å². The second-order valence-corrected chi connectivity index (χ2v) is 5.92. The molecule has 0 radical (unpaired) electrons. The maximum absolute atomic E-state index is 10.0. The summed E-state index contributed by atoms with van der Waals surface area (Å²) >= 11 is 0. The van der Waals surface area contributed by atoms with Gasteiger partial charge in [0.05, 0.1) is 13.4 Å². The van der Waals surface area contributed by atoms with E-state index in [0.29, 0.717) is 38.5 Å². The van der Waals surface area contributed by atoms with Crippen LogP contribution in [0.1, 0.15) is 24.7 Å². The van der Waals surface area contributed by atoms with Gasteiger partial charge in [-0.3, -0.25) is 4.99 Å². The predicted molar refractivity (Wildman–Crippen MR) is 105 cm³/mol. The molecule has 0 aliphatic heterocycles. The average molecular weight is 375 g/mol. The van der Waals surface area contributed by atoms with Gasteiger partial charge >= 0.3 is 0 Å². The summed E-state index contributed by atoms with van der Waals surface area (Å²) < 4.78 is 15.9. The van der Waals surface area contributed by atoms with Crippen molar-refractivity contribution >= 4 is 5.96 Å². The molecule has 0 spiro atoms. The molecule has 1 heterocycles. The van der Waals surface area contributed by atoms with Crippen LogP contribution in [0.3, 0.4) is 0 Å². The lowest BCUT2D eigenvalue weighted by molar-refractivity contribution is 0.105. The Morgan fingerprint density at radius 2 is 2.15 bits per heavy atom. The van der Waals surface area contributed by atoms with E-state index in [4.69, 9.17) is 13.9 Å². The monoisotopic (exact) mass is 375 g/mol. The largest absolute Gasteiger partial charge is 0.508 e. The molecule has 0 aliphatic carbocycles. The van der Waals surface area contributed by atoms with E-state index >= 15 is 0 Å². The zero-order valence-electron chi connectivity index (χ0n) is 16.0. The quantitative estimate of drug-likeness (QED) is 0.318. The highest BCUT2D eigenvalue weighted by molar-refractivity contribution is 5.79. The van der Waals surface area contributed by atoms with E-state index in [1.54, 1.807) is 19.4 Å². The summed E-state index contributed by atoms with van der Waals surface area (Å²) in [4.78, 5) is 4.54. The van der Waals surface area contributed by atoms with E-state index in [9.17, 15) is 5.11 Å². The summed E-state index contributed by atoms with van der Waals surface area (Å²) in [6.07, 6.45) is 3.16. The molecule has 3 N–H and O–H groups in total. The number of phenols is 1. The number of ether oxygens (including phenoxy) is 2. The first-order valence-electron chi connectivity index (χ1n) is 9.21. The van der Waals surface area contributed by atoms with Crippen molar-refractivity contribution in [3.05, 3.63) is 47.9 Å². The summed E-state index contributed by atoms with van der Waals surface area (Å²) in [5.41, 5.74) is 0.866. The Labute approximate surface area is 160 Å². The van der Waals surface area contributed by atoms with Crippen molar-refractivity contribution in [3.8, 4) is 11.5 Å². The third kappa shape index (κ3) is 7.62. The van der Waals surface area contributed by atoms with Gasteiger partial charge < -0.3 is 29.6 Å². The summed E-state index contributed by atoms with van der Waals surface area (Å²) in [6, 6.07) is 9.08. The zero-order valence-corrected chi connectivity index (χ0v) is 16.0. The molecular weight excluding hydrogens is 346 g/mol. The number of phenolic OH excluding ortho intramolecular Hbond substituents is 1. The van der Waals surface area contributed by atoms with E-state index in [1.807, 2.05) is 31.2 Å². The summed E-state index contributed by atoms with van der Waals surface area (Å²) in [7, 11) is 1.58. The number of benzene rings is 1. The Hall–Kier alpha value is -2.67. The summed E-state index contributed by atoms with van der Waals surface area (Å²) in [6.45, 7) is 5.26. The second kappa shape index (κ2) is 11.9. The van der Waals surface area contributed by atoms with Gasteiger partial charge in [0.2, 0.25) is 0 Å². The molecule has 0 aliphatic rings. The Balaban J connectivity index is 1.68. The summed E-state index contributed by atoms with van der Waals surface area (Å²) in [5.74, 6) is 2.48. The van der Waals surface area contributed by atoms with Crippen LogP contribution < -0.4 is 15.4 Å². The standard InChI is InChI=1S/C20H29N3O4/c1-3-21-20(22-10-5-12-26-15-18-6-4-13-27-18)23-11-9-16-7-8-17(25-2)14-19(16)24/h4,6-8,13-14,24H,3,5,9-12,15H2,1-2H3,(H2,21,22,23). The fraction of sp³-hybridized carbons (Fsp3) is 0.450. The van der Waals surface area contributed by atoms with Crippen LogP contribution in [-0.4, -0.2) is 44.4 Å². The summed E-state index contributed by atoms with van der Waals surface area (Å²) in [5, 5.41) is 16.5. The average Bonchev–Trinajstić information content (AvgIpc) is 3.19. The van der Waals surface area contributed by atoms with Gasteiger partial charge in [-0.2, -0.15) is 0 Å². The van der Waals surface area contributed by atoms with Crippen LogP contribution >= 0.6 is 0 Å². The first kappa shape index (κ1) is 20.6. The Morgan fingerprint density at radius 1 is 1.26 bits per heavy atom. The van der Waals surface area contributed by atoms with Gasteiger partial charge in [-0.1, -0.05) is 6.07 Å². The Morgan fingerprint density at radius 3 is 2.85 bits per heavy atom. The molecule has 0 unspecified atom stereocenters. The number of hydrogen-bond acceptors (Lipinski definition) is 5. The van der Waals surface area contributed by atoms with Crippen LogP contribution in [-0.2, 0) is 17.8 Å². The Kier molecular flexibility index (Phi) is 9.06. The van der Waals surface area contributed by atoms with Crippen LogP contribution in [0.25, 0.3) is 0 Å². The molecule has 0 bridgehead atoms. The normalized spacial score (nSPS) is 11.4. The SMILES string of the molecule is CCNC(=NCCCOCc1ccco1)NCCc1ccc(OC)cc1O. The molecule has 0 atom stereocenters. The van der Waals surface area contributed by atoms with Crippen LogP contribution in [0.4, 0.5) is 0 Å². The minimum absolute atomic E-state index is 0.242. The number of hydrogen-bond donors (Lipinski definition) is 3. The minimum Gasteiger partial charge on any atom is -0.508 e. The number of furan rings is 1. The number of nitrogens with one attached hydrogen (secondary N) is 2. The molecule has 0 amide bonds. The number of aromatic hydroxyl groups is 1. The maximum Gasteiger partial charge on any atom is 0.191 e. The molecule has 7 nitrogen and oxygen atoms in total. The molecule has 7 heteroatoms. The topological polar surface area (TPSA) is 88.3 Å². The molecule has 1 aromatic carbocycles. The number of rotatable bonds is 11. The van der Waals surface area contributed by atoms with Crippen molar-refractivity contribution in [2.45, 2.75) is 26.4 Å².